The molecule has 0 aromatic rings. The number of carbonyl (C=O) groups is 2. The van der Waals surface area contributed by atoms with Gasteiger partial charge in [0.1, 0.15) is 0 Å². The number of hydrogen-bond donors (Lipinski definition) is 2. The molecule has 0 saturated heterocycles. The average molecular weight is 254 g/mol. The number of carboxylic acids is 1. The number of thiol groups is 1. The maximum atomic E-state index is 10.3. The molecule has 0 aliphatic carbocycles. The van der Waals surface area contributed by atoms with Crippen LogP contribution in [-0.4, -0.2) is 114 Å². The number of hydrogen-bond acceptors (Lipinski definition) is 5. The summed E-state index contributed by atoms with van der Waals surface area (Å²) < 4.78 is 23.1. The van der Waals surface area contributed by atoms with E-state index < -0.39 is 35.8 Å². The predicted molar refractivity (Wildman–Crippen MR) is 54.7 cm³/mol. The second-order valence-corrected chi connectivity index (χ2v) is 2.21. The first-order valence-corrected chi connectivity index (χ1v) is 3.69. The molecular formula is C4H9Na3O6S. The van der Waals surface area contributed by atoms with Gasteiger partial charge in [0.2, 0.25) is 0 Å². The van der Waals surface area contributed by atoms with Gasteiger partial charge in [0.25, 0.3) is 0 Å². The van der Waals surface area contributed by atoms with Gasteiger partial charge in [-0.05, 0) is 0 Å². The van der Waals surface area contributed by atoms with Crippen LogP contribution in [0.15, 0.2) is 0 Å². The van der Waals surface area contributed by atoms with Crippen molar-refractivity contribution in [1.82, 2.24) is 0 Å². The Labute approximate surface area is 149 Å². The molecule has 14 heavy (non-hydrogen) atoms. The van der Waals surface area contributed by atoms with Gasteiger partial charge in [-0.15, -0.1) is 0 Å². The van der Waals surface area contributed by atoms with Crippen molar-refractivity contribution in [3.8, 4) is 0 Å². The Kier molecular flexibility index (Phi) is 26.5. The first kappa shape index (κ1) is 24.9. The molecule has 0 bridgehead atoms. The van der Waals surface area contributed by atoms with Gasteiger partial charge >= 0.3 is 112 Å². The van der Waals surface area contributed by atoms with Gasteiger partial charge in [-0.1, -0.05) is 0 Å². The van der Waals surface area contributed by atoms with E-state index >= 15 is 0 Å². The molecule has 0 amide bonds. The number of carbonyl (C=O) groups excluding carboxylic acids is 1. The Balaban J connectivity index is -0.000000167. The van der Waals surface area contributed by atoms with E-state index in [1.54, 1.807) is 0 Å². The summed E-state index contributed by atoms with van der Waals surface area (Å²) in [6.07, 6.45) is -0.860. The minimum absolute atomic E-state index is 0. The molecule has 0 aromatic carbocycles. The van der Waals surface area contributed by atoms with E-state index in [1.165, 1.54) is 0 Å². The molecule has 0 aromatic heterocycles. The zero-order valence-electron chi connectivity index (χ0n) is 5.35. The van der Waals surface area contributed by atoms with Gasteiger partial charge in [0.05, 0.1) is 12.8 Å². The molecule has 0 unspecified atom stereocenters. The van der Waals surface area contributed by atoms with Crippen LogP contribution < -0.4 is 0 Å². The average Bonchev–Trinajstić information content (AvgIpc) is 1.82. The standard InChI is InChI=1S/C4H6O6S.3Na.3H/c5-3(6)1-2-4(7)10-11(8)9;;;;;;/h11H,1-2H2,(H,5,6);;;;;;. The van der Waals surface area contributed by atoms with Crippen LogP contribution in [0.2, 0.25) is 0 Å². The number of aliphatic carboxylic acids is 1. The Morgan fingerprint density at radius 1 is 1.07 bits per heavy atom. The van der Waals surface area contributed by atoms with Crippen LogP contribution >= 0.6 is 0 Å². The van der Waals surface area contributed by atoms with Crippen molar-refractivity contribution in [2.75, 3.05) is 0 Å². The van der Waals surface area contributed by atoms with Crippen LogP contribution in [0, 0.1) is 0 Å². The van der Waals surface area contributed by atoms with Gasteiger partial charge in [-0.25, -0.2) is 0 Å². The van der Waals surface area contributed by atoms with E-state index in [9.17, 15) is 18.0 Å². The van der Waals surface area contributed by atoms with Crippen molar-refractivity contribution in [2.24, 2.45) is 0 Å². The van der Waals surface area contributed by atoms with Gasteiger partial charge in [0, 0.05) is 0 Å². The first-order chi connectivity index (χ1) is 5.02. The van der Waals surface area contributed by atoms with Gasteiger partial charge in [0.15, 0.2) is 0 Å². The molecule has 0 radical (unpaired) electrons. The van der Waals surface area contributed by atoms with Crippen LogP contribution in [0.5, 0.6) is 0 Å². The summed E-state index contributed by atoms with van der Waals surface area (Å²) in [5.74, 6) is -2.23. The molecule has 0 aliphatic rings. The SMILES string of the molecule is O=C(O)CCC(=O)O[SH](=O)=O.[NaH].[NaH].[NaH]. The van der Waals surface area contributed by atoms with Crippen molar-refractivity contribution in [1.29, 1.82) is 0 Å². The maximum absolute atomic E-state index is 10.3. The van der Waals surface area contributed by atoms with Crippen molar-refractivity contribution in [3.63, 3.8) is 0 Å². The summed E-state index contributed by atoms with van der Waals surface area (Å²) in [7, 11) is -3.21. The molecule has 10 heteroatoms. The molecule has 0 rings (SSSR count). The zero-order valence-corrected chi connectivity index (χ0v) is 6.24. The van der Waals surface area contributed by atoms with Crippen molar-refractivity contribution < 1.29 is 27.3 Å². The van der Waals surface area contributed by atoms with Crippen LogP contribution in [0.25, 0.3) is 0 Å². The summed E-state index contributed by atoms with van der Waals surface area (Å²) in [4.78, 5) is 20.1. The Morgan fingerprint density at radius 2 is 1.50 bits per heavy atom. The van der Waals surface area contributed by atoms with Gasteiger partial charge < -0.3 is 9.29 Å². The summed E-state index contributed by atoms with van der Waals surface area (Å²) in [5, 5.41) is 8.04. The van der Waals surface area contributed by atoms with E-state index in [4.69, 9.17) is 5.11 Å². The summed E-state index contributed by atoms with van der Waals surface area (Å²) >= 11 is 0. The molecule has 0 spiro atoms. The Hall–Kier alpha value is 1.89. The fourth-order valence-corrected chi connectivity index (χ4v) is 0.595. The topological polar surface area (TPSA) is 97.7 Å². The van der Waals surface area contributed by atoms with Crippen LogP contribution in [0.3, 0.4) is 0 Å². The van der Waals surface area contributed by atoms with E-state index in [2.05, 4.69) is 4.18 Å². The summed E-state index contributed by atoms with van der Waals surface area (Å²) in [5.41, 5.74) is 0. The second kappa shape index (κ2) is 14.9. The fourth-order valence-electron chi connectivity index (χ4n) is 0.338. The summed E-state index contributed by atoms with van der Waals surface area (Å²) in [6, 6.07) is 0. The normalized spacial score (nSPS) is 7.50. The zero-order chi connectivity index (χ0) is 8.85. The quantitative estimate of drug-likeness (QED) is 0.409. The van der Waals surface area contributed by atoms with E-state index in [-0.39, 0.29) is 88.7 Å². The van der Waals surface area contributed by atoms with Crippen molar-refractivity contribution in [2.45, 2.75) is 12.8 Å². The van der Waals surface area contributed by atoms with E-state index in [1.807, 2.05) is 0 Å². The van der Waals surface area contributed by atoms with Gasteiger partial charge in [-0.3, -0.25) is 9.59 Å². The van der Waals surface area contributed by atoms with E-state index in [0.29, 0.717) is 0 Å². The molecule has 0 fully saturated rings. The Bertz CT molecular complexity index is 231. The van der Waals surface area contributed by atoms with Gasteiger partial charge in [-0.2, -0.15) is 8.42 Å². The molecule has 1 N–H and O–H groups in total. The molecular weight excluding hydrogens is 245 g/mol. The monoisotopic (exact) mass is 254 g/mol. The third-order valence-electron chi connectivity index (χ3n) is 0.719. The third kappa shape index (κ3) is 19.5. The minimum atomic E-state index is -3.21. The third-order valence-corrected chi connectivity index (χ3v) is 1.07. The second-order valence-electron chi connectivity index (χ2n) is 1.58. The molecule has 70 valence electrons. The van der Waals surface area contributed by atoms with E-state index in [0.717, 1.165) is 0 Å². The molecule has 0 atom stereocenters. The van der Waals surface area contributed by atoms with Crippen LogP contribution in [0.4, 0.5) is 0 Å². The molecule has 0 saturated carbocycles. The summed E-state index contributed by atoms with van der Waals surface area (Å²) in [6.45, 7) is 0. The van der Waals surface area contributed by atoms with Crippen LogP contribution in [-0.2, 0) is 24.8 Å². The fraction of sp³-hybridized carbons (Fsp3) is 0.500. The van der Waals surface area contributed by atoms with Crippen LogP contribution in [0.1, 0.15) is 12.8 Å². The molecule has 6 nitrogen and oxygen atoms in total. The molecule has 0 aliphatic heterocycles. The van der Waals surface area contributed by atoms with Crippen molar-refractivity contribution >= 4 is 112 Å². The first-order valence-electron chi connectivity index (χ1n) is 2.59. The predicted octanol–water partition coefficient (Wildman–Crippen LogP) is -3.02. The number of carboxylic acid groups (broad SMARTS) is 1. The number of rotatable bonds is 4. The Morgan fingerprint density at radius 3 is 1.79 bits per heavy atom. The molecule has 0 heterocycles. The van der Waals surface area contributed by atoms with Crippen molar-refractivity contribution in [3.05, 3.63) is 0 Å².